The number of rotatable bonds is 9. The Bertz CT molecular complexity index is 799. The molecule has 0 aliphatic rings. The maximum atomic E-state index is 13.4. The molecule has 0 spiro atoms. The van der Waals surface area contributed by atoms with Crippen LogP contribution in [0.1, 0.15) is 0 Å². The van der Waals surface area contributed by atoms with E-state index in [2.05, 4.69) is 6.92 Å². The van der Waals surface area contributed by atoms with Gasteiger partial charge >= 0.3 is 57.0 Å². The topological polar surface area (TPSA) is 37.4 Å². The lowest BCUT2D eigenvalue weighted by atomic mass is 9.91. The van der Waals surface area contributed by atoms with Crippen LogP contribution >= 0.6 is 0 Å². The standard InChI is InChI=1S/C10H4F18NO2S/c1-2-29(28)32(30,31)10(26,27)8(21,22)6(17,18)4(13,14)3(11,12)5(15,16)7(19,20)9(23,24)25/h1-2H2. The van der Waals surface area contributed by atoms with Gasteiger partial charge in [-0.1, -0.05) is 0 Å². The number of alkyl halides is 17. The molecule has 0 unspecified atom stereocenters. The molecule has 32 heavy (non-hydrogen) atoms. The third-order valence-corrected chi connectivity index (χ3v) is 5.06. The second-order valence-corrected chi connectivity index (χ2v) is 7.34. The lowest BCUT2D eigenvalue weighted by Gasteiger charge is -2.42. The number of sulfonamides is 1. The summed E-state index contributed by atoms with van der Waals surface area (Å²) in [5.74, 6) is -52.3. The van der Waals surface area contributed by atoms with E-state index in [0.29, 0.717) is 0 Å². The SMILES string of the molecule is [CH2]CN(F)S(=O)(=O)C(F)(F)C(F)(F)C(F)(F)C(F)(F)C(F)(F)C(F)(F)C(F)(F)C(F)(F)F. The van der Waals surface area contributed by atoms with E-state index < -0.39 is 68.1 Å². The van der Waals surface area contributed by atoms with Crippen LogP contribution in [0.2, 0.25) is 0 Å². The first-order valence-corrected chi connectivity index (χ1v) is 8.11. The van der Waals surface area contributed by atoms with Gasteiger partial charge in [-0.05, 0) is 11.5 Å². The summed E-state index contributed by atoms with van der Waals surface area (Å²) in [5.41, 5.74) is 0. The van der Waals surface area contributed by atoms with Gasteiger partial charge in [0.05, 0.1) is 0 Å². The molecule has 0 amide bonds. The Balaban J connectivity index is 6.99. The average Bonchev–Trinajstić information content (AvgIpc) is 2.58. The number of hydrogen-bond acceptors (Lipinski definition) is 2. The van der Waals surface area contributed by atoms with Crippen molar-refractivity contribution in [2.24, 2.45) is 0 Å². The second kappa shape index (κ2) is 7.58. The Morgan fingerprint density at radius 2 is 0.781 bits per heavy atom. The van der Waals surface area contributed by atoms with Crippen molar-refractivity contribution in [3.05, 3.63) is 6.92 Å². The summed E-state index contributed by atoms with van der Waals surface area (Å²) in [6.07, 6.45) is -7.91. The summed E-state index contributed by atoms with van der Waals surface area (Å²) in [6.45, 7) is -0.0498. The molecule has 0 bridgehead atoms. The van der Waals surface area contributed by atoms with Crippen LogP contribution in [0.4, 0.5) is 79.1 Å². The first-order chi connectivity index (χ1) is 13.5. The molecule has 0 heterocycles. The molecular formula is C10H4F18NO2S. The Labute approximate surface area is 163 Å². The van der Waals surface area contributed by atoms with Crippen molar-refractivity contribution in [1.29, 1.82) is 0 Å². The zero-order valence-electron chi connectivity index (χ0n) is 13.9. The summed E-state index contributed by atoms with van der Waals surface area (Å²) in [4.78, 5) is 0. The predicted octanol–water partition coefficient (Wildman–Crippen LogP) is 5.30. The highest BCUT2D eigenvalue weighted by molar-refractivity contribution is 7.90. The minimum atomic E-state index is -8.95. The van der Waals surface area contributed by atoms with E-state index in [4.69, 9.17) is 0 Å². The molecule has 0 fully saturated rings. The summed E-state index contributed by atoms with van der Waals surface area (Å²) in [7, 11) is -7.88. The van der Waals surface area contributed by atoms with Crippen LogP contribution in [0.5, 0.6) is 0 Å². The number of hydrogen-bond donors (Lipinski definition) is 0. The van der Waals surface area contributed by atoms with Crippen LogP contribution < -0.4 is 0 Å². The lowest BCUT2D eigenvalue weighted by molar-refractivity contribution is -0.458. The molecule has 0 atom stereocenters. The molecule has 1 radical (unpaired) electrons. The van der Waals surface area contributed by atoms with Gasteiger partial charge in [0.1, 0.15) is 0 Å². The van der Waals surface area contributed by atoms with Crippen LogP contribution in [-0.2, 0) is 10.0 Å². The smallest absolute Gasteiger partial charge is 0.203 e. The van der Waals surface area contributed by atoms with Gasteiger partial charge in [-0.2, -0.15) is 74.6 Å². The van der Waals surface area contributed by atoms with E-state index in [-0.39, 0.29) is 0 Å². The minimum absolute atomic E-state index is 2.13. The van der Waals surface area contributed by atoms with Crippen molar-refractivity contribution < 1.29 is 87.5 Å². The summed E-state index contributed by atoms with van der Waals surface area (Å²) in [5, 5.41) is -7.91. The summed E-state index contributed by atoms with van der Waals surface area (Å²) >= 11 is 0. The van der Waals surface area contributed by atoms with Gasteiger partial charge < -0.3 is 0 Å². The van der Waals surface area contributed by atoms with Crippen molar-refractivity contribution in [3.63, 3.8) is 0 Å². The van der Waals surface area contributed by atoms with E-state index >= 15 is 0 Å². The zero-order valence-corrected chi connectivity index (χ0v) is 14.7. The Hall–Kier alpha value is -1.35. The van der Waals surface area contributed by atoms with Gasteiger partial charge in [0, 0.05) is 6.54 Å². The highest BCUT2D eigenvalue weighted by Crippen LogP contribution is 2.64. The van der Waals surface area contributed by atoms with Crippen LogP contribution in [0.15, 0.2) is 0 Å². The minimum Gasteiger partial charge on any atom is -0.203 e. The van der Waals surface area contributed by atoms with Gasteiger partial charge in [-0.3, -0.25) is 0 Å². The molecule has 193 valence electrons. The molecule has 0 rings (SSSR count). The lowest BCUT2D eigenvalue weighted by Crippen LogP contribution is -2.75. The van der Waals surface area contributed by atoms with E-state index in [1.54, 1.807) is 0 Å². The van der Waals surface area contributed by atoms with Crippen molar-refractivity contribution in [3.8, 4) is 0 Å². The van der Waals surface area contributed by atoms with Gasteiger partial charge in [0.15, 0.2) is 0 Å². The van der Waals surface area contributed by atoms with Gasteiger partial charge in [0.2, 0.25) is 0 Å². The number of halogens is 18. The third-order valence-electron chi connectivity index (χ3n) is 3.45. The highest BCUT2D eigenvalue weighted by atomic mass is 32.2. The third kappa shape index (κ3) is 3.54. The Morgan fingerprint density at radius 3 is 1.03 bits per heavy atom. The fraction of sp³-hybridized carbons (Fsp3) is 0.900. The highest BCUT2D eigenvalue weighted by Gasteiger charge is 2.96. The first-order valence-electron chi connectivity index (χ1n) is 6.67. The number of nitrogens with zero attached hydrogens (tertiary/aromatic N) is 1. The molecule has 0 aromatic heterocycles. The zero-order chi connectivity index (χ0) is 26.8. The van der Waals surface area contributed by atoms with Crippen molar-refractivity contribution in [1.82, 2.24) is 4.53 Å². The van der Waals surface area contributed by atoms with Crippen LogP contribution in [0.25, 0.3) is 0 Å². The van der Waals surface area contributed by atoms with Crippen molar-refractivity contribution in [2.45, 2.75) is 47.0 Å². The second-order valence-electron chi connectivity index (χ2n) is 5.48. The van der Waals surface area contributed by atoms with Gasteiger partial charge in [-0.25, -0.2) is 8.42 Å². The Kier molecular flexibility index (Phi) is 7.26. The van der Waals surface area contributed by atoms with E-state index in [1.807, 2.05) is 0 Å². The molecule has 0 saturated carbocycles. The summed E-state index contributed by atoms with van der Waals surface area (Å²) in [6, 6.07) is 0. The molecule has 0 aromatic rings. The van der Waals surface area contributed by atoms with Gasteiger partial charge in [0.25, 0.3) is 0 Å². The van der Waals surface area contributed by atoms with Crippen LogP contribution in [0, 0.1) is 6.92 Å². The average molecular weight is 544 g/mol. The Morgan fingerprint density at radius 1 is 0.531 bits per heavy atom. The monoisotopic (exact) mass is 544 g/mol. The van der Waals surface area contributed by atoms with Crippen LogP contribution in [0.3, 0.4) is 0 Å². The fourth-order valence-electron chi connectivity index (χ4n) is 1.56. The molecule has 3 nitrogen and oxygen atoms in total. The molecule has 0 aromatic carbocycles. The molecule has 0 N–H and O–H groups in total. The molecule has 0 aliphatic carbocycles. The maximum absolute atomic E-state index is 13.4. The predicted molar refractivity (Wildman–Crippen MR) is 62.8 cm³/mol. The quantitative estimate of drug-likeness (QED) is 0.292. The van der Waals surface area contributed by atoms with E-state index in [1.165, 1.54) is 0 Å². The fourth-order valence-corrected chi connectivity index (χ4v) is 2.50. The van der Waals surface area contributed by atoms with Gasteiger partial charge in [-0.15, -0.1) is 4.48 Å². The normalized spacial score (nSPS) is 16.6. The van der Waals surface area contributed by atoms with Crippen molar-refractivity contribution >= 4 is 10.0 Å². The molecule has 0 aliphatic heterocycles. The summed E-state index contributed by atoms with van der Waals surface area (Å²) < 4.78 is 251. The largest absolute Gasteiger partial charge is 0.460 e. The molecule has 0 saturated heterocycles. The maximum Gasteiger partial charge on any atom is 0.460 e. The van der Waals surface area contributed by atoms with Crippen LogP contribution in [-0.4, -0.2) is 66.5 Å². The van der Waals surface area contributed by atoms with E-state index in [9.17, 15) is 87.5 Å². The van der Waals surface area contributed by atoms with E-state index in [0.717, 1.165) is 0 Å². The first kappa shape index (κ1) is 30.6. The van der Waals surface area contributed by atoms with Crippen molar-refractivity contribution in [2.75, 3.05) is 6.54 Å². The molecule has 22 heteroatoms. The molecular weight excluding hydrogens is 540 g/mol.